The average molecular weight is 408 g/mol. The monoisotopic (exact) mass is 407 g/mol. The Morgan fingerprint density at radius 3 is 2.38 bits per heavy atom. The van der Waals surface area contributed by atoms with Crippen LogP contribution in [0.1, 0.15) is 12.8 Å². The maximum atomic E-state index is 13.0. The van der Waals surface area contributed by atoms with E-state index in [9.17, 15) is 4.79 Å². The number of hydrogen-bond donors (Lipinski definition) is 0. The molecule has 0 N–H and O–H groups in total. The molecule has 7 heteroatoms. The van der Waals surface area contributed by atoms with Crippen molar-refractivity contribution in [3.8, 4) is 0 Å². The molecule has 6 nitrogen and oxygen atoms in total. The summed E-state index contributed by atoms with van der Waals surface area (Å²) in [5, 5.41) is 1.08. The highest BCUT2D eigenvalue weighted by Crippen LogP contribution is 2.32. The first-order valence-electron chi connectivity index (χ1n) is 10.3. The second-order valence-electron chi connectivity index (χ2n) is 7.73. The van der Waals surface area contributed by atoms with Crippen molar-refractivity contribution in [2.24, 2.45) is 5.92 Å². The van der Waals surface area contributed by atoms with Crippen molar-refractivity contribution in [3.05, 3.63) is 48.7 Å². The van der Waals surface area contributed by atoms with E-state index in [0.717, 1.165) is 68.6 Å². The Bertz CT molecular complexity index is 942. The van der Waals surface area contributed by atoms with Crippen LogP contribution in [-0.4, -0.2) is 60.0 Å². The molecule has 150 valence electrons. The molecule has 3 aromatic rings. The molecule has 1 amide bonds. The number of anilines is 2. The number of carbonyl (C=O) groups excluding carboxylic acids is 1. The van der Waals surface area contributed by atoms with Gasteiger partial charge in [0.2, 0.25) is 5.91 Å². The standard InChI is InChI=1S/C22H25N5OS/c28-21(26-15-13-25(14-16-26)20-7-3-4-10-23-20)17-8-11-27(12-9-17)22-24-18-5-1-2-6-19(18)29-22/h1-7,10,17H,8-9,11-16H2. The number of carbonyl (C=O) groups is 1. The zero-order valence-corrected chi connectivity index (χ0v) is 17.2. The third-order valence-electron chi connectivity index (χ3n) is 5.96. The topological polar surface area (TPSA) is 52.6 Å². The maximum Gasteiger partial charge on any atom is 0.225 e. The third kappa shape index (κ3) is 3.79. The zero-order chi connectivity index (χ0) is 19.6. The second-order valence-corrected chi connectivity index (χ2v) is 8.73. The number of rotatable bonds is 3. The Morgan fingerprint density at radius 1 is 0.897 bits per heavy atom. The summed E-state index contributed by atoms with van der Waals surface area (Å²) >= 11 is 1.75. The van der Waals surface area contributed by atoms with Crippen LogP contribution in [0.3, 0.4) is 0 Å². The highest BCUT2D eigenvalue weighted by atomic mass is 32.1. The van der Waals surface area contributed by atoms with Gasteiger partial charge in [0, 0.05) is 51.4 Å². The van der Waals surface area contributed by atoms with Gasteiger partial charge in [-0.3, -0.25) is 4.79 Å². The van der Waals surface area contributed by atoms with Gasteiger partial charge in [-0.1, -0.05) is 29.5 Å². The lowest BCUT2D eigenvalue weighted by Crippen LogP contribution is -2.51. The Morgan fingerprint density at radius 2 is 1.66 bits per heavy atom. The first-order valence-corrected chi connectivity index (χ1v) is 11.1. The molecule has 0 spiro atoms. The van der Waals surface area contributed by atoms with E-state index in [-0.39, 0.29) is 5.92 Å². The lowest BCUT2D eigenvalue weighted by molar-refractivity contribution is -0.136. The Balaban J connectivity index is 1.15. The van der Waals surface area contributed by atoms with E-state index < -0.39 is 0 Å². The van der Waals surface area contributed by atoms with E-state index in [2.05, 4.69) is 37.9 Å². The van der Waals surface area contributed by atoms with Gasteiger partial charge in [-0.2, -0.15) is 0 Å². The molecule has 2 fully saturated rings. The highest BCUT2D eigenvalue weighted by Gasteiger charge is 2.31. The van der Waals surface area contributed by atoms with E-state index in [0.29, 0.717) is 5.91 Å². The lowest BCUT2D eigenvalue weighted by atomic mass is 9.95. The minimum atomic E-state index is 0.141. The molecule has 0 bridgehead atoms. The summed E-state index contributed by atoms with van der Waals surface area (Å²) in [6, 6.07) is 14.3. The lowest BCUT2D eigenvalue weighted by Gasteiger charge is -2.39. The van der Waals surface area contributed by atoms with Crippen LogP contribution in [0.4, 0.5) is 10.9 Å². The van der Waals surface area contributed by atoms with Crippen LogP contribution in [0.25, 0.3) is 10.2 Å². The molecule has 0 aliphatic carbocycles. The van der Waals surface area contributed by atoms with Crippen molar-refractivity contribution >= 4 is 38.4 Å². The number of fused-ring (bicyclic) bond motifs is 1. The minimum Gasteiger partial charge on any atom is -0.353 e. The summed E-state index contributed by atoms with van der Waals surface area (Å²) < 4.78 is 1.23. The predicted octanol–water partition coefficient (Wildman–Crippen LogP) is 3.26. The van der Waals surface area contributed by atoms with Crippen LogP contribution in [0.5, 0.6) is 0 Å². The Hall–Kier alpha value is -2.67. The first-order chi connectivity index (χ1) is 14.3. The quantitative estimate of drug-likeness (QED) is 0.667. The van der Waals surface area contributed by atoms with Crippen LogP contribution in [-0.2, 0) is 4.79 Å². The molecule has 2 saturated heterocycles. The predicted molar refractivity (Wildman–Crippen MR) is 118 cm³/mol. The number of hydrogen-bond acceptors (Lipinski definition) is 6. The van der Waals surface area contributed by atoms with Crippen LogP contribution in [0.15, 0.2) is 48.7 Å². The molecule has 1 aromatic carbocycles. The zero-order valence-electron chi connectivity index (χ0n) is 16.4. The summed E-state index contributed by atoms with van der Waals surface area (Å²) in [5.74, 6) is 1.47. The molecule has 0 saturated carbocycles. The van der Waals surface area contributed by atoms with E-state index >= 15 is 0 Å². The third-order valence-corrected chi connectivity index (χ3v) is 7.06. The van der Waals surface area contributed by atoms with Crippen molar-refractivity contribution in [3.63, 3.8) is 0 Å². The summed E-state index contributed by atoms with van der Waals surface area (Å²) in [4.78, 5) is 28.9. The molecular formula is C22H25N5OS. The highest BCUT2D eigenvalue weighted by molar-refractivity contribution is 7.22. The Kier molecular flexibility index (Phi) is 5.06. The molecule has 2 aromatic heterocycles. The molecule has 4 heterocycles. The van der Waals surface area contributed by atoms with Gasteiger partial charge in [0.05, 0.1) is 10.2 Å². The number of nitrogens with zero attached hydrogens (tertiary/aromatic N) is 5. The van der Waals surface area contributed by atoms with E-state index in [1.807, 2.05) is 30.5 Å². The van der Waals surface area contributed by atoms with Gasteiger partial charge in [0.15, 0.2) is 5.13 Å². The van der Waals surface area contributed by atoms with Crippen molar-refractivity contribution in [1.29, 1.82) is 0 Å². The molecular weight excluding hydrogens is 382 g/mol. The Labute approximate surface area is 174 Å². The van der Waals surface area contributed by atoms with Crippen molar-refractivity contribution in [1.82, 2.24) is 14.9 Å². The normalized spacial score (nSPS) is 18.4. The van der Waals surface area contributed by atoms with Gasteiger partial charge >= 0.3 is 0 Å². The van der Waals surface area contributed by atoms with Gasteiger partial charge in [-0.05, 0) is 37.1 Å². The van der Waals surface area contributed by atoms with Gasteiger partial charge < -0.3 is 14.7 Å². The number of para-hydroxylation sites is 1. The van der Waals surface area contributed by atoms with Crippen LogP contribution >= 0.6 is 11.3 Å². The number of amides is 1. The molecule has 2 aliphatic rings. The van der Waals surface area contributed by atoms with Gasteiger partial charge in [0.25, 0.3) is 0 Å². The number of pyridine rings is 1. The first kappa shape index (κ1) is 18.4. The minimum absolute atomic E-state index is 0.141. The molecule has 2 aliphatic heterocycles. The summed E-state index contributed by atoms with van der Waals surface area (Å²) in [7, 11) is 0. The number of thiazole rings is 1. The fraction of sp³-hybridized carbons (Fsp3) is 0.409. The number of benzene rings is 1. The number of piperazine rings is 1. The maximum absolute atomic E-state index is 13.0. The van der Waals surface area contributed by atoms with Crippen LogP contribution in [0, 0.1) is 5.92 Å². The van der Waals surface area contributed by atoms with Crippen molar-refractivity contribution in [2.45, 2.75) is 12.8 Å². The SMILES string of the molecule is O=C(C1CCN(c2nc3ccccc3s2)CC1)N1CCN(c2ccccn2)CC1. The largest absolute Gasteiger partial charge is 0.353 e. The van der Waals surface area contributed by atoms with E-state index in [1.165, 1.54) is 4.70 Å². The second kappa shape index (κ2) is 7.99. The summed E-state index contributed by atoms with van der Waals surface area (Å²) in [6.45, 7) is 5.09. The molecule has 29 heavy (non-hydrogen) atoms. The summed E-state index contributed by atoms with van der Waals surface area (Å²) in [5.41, 5.74) is 1.07. The fourth-order valence-electron chi connectivity index (χ4n) is 4.27. The summed E-state index contributed by atoms with van der Waals surface area (Å²) in [6.07, 6.45) is 3.65. The molecule has 5 rings (SSSR count). The van der Waals surface area contributed by atoms with Crippen LogP contribution in [0.2, 0.25) is 0 Å². The fourth-order valence-corrected chi connectivity index (χ4v) is 5.29. The molecule has 0 radical (unpaired) electrons. The van der Waals surface area contributed by atoms with Crippen molar-refractivity contribution in [2.75, 3.05) is 49.1 Å². The van der Waals surface area contributed by atoms with Crippen molar-refractivity contribution < 1.29 is 4.79 Å². The van der Waals surface area contributed by atoms with Crippen LogP contribution < -0.4 is 9.80 Å². The van der Waals surface area contributed by atoms with Gasteiger partial charge in [-0.15, -0.1) is 0 Å². The molecule has 0 atom stereocenters. The number of aromatic nitrogens is 2. The van der Waals surface area contributed by atoms with E-state index in [4.69, 9.17) is 4.98 Å². The van der Waals surface area contributed by atoms with Gasteiger partial charge in [0.1, 0.15) is 5.82 Å². The van der Waals surface area contributed by atoms with Gasteiger partial charge in [-0.25, -0.2) is 9.97 Å². The molecule has 0 unspecified atom stereocenters. The van der Waals surface area contributed by atoms with E-state index in [1.54, 1.807) is 11.3 Å². The number of piperidine rings is 1. The smallest absolute Gasteiger partial charge is 0.225 e. The average Bonchev–Trinajstić information content (AvgIpc) is 3.24.